The molecule has 1 saturated carbocycles. The topological polar surface area (TPSA) is 83.7 Å². The Labute approximate surface area is 173 Å². The molecule has 28 heavy (non-hydrogen) atoms. The summed E-state index contributed by atoms with van der Waals surface area (Å²) in [6.45, 7) is 0.610. The summed E-state index contributed by atoms with van der Waals surface area (Å²) in [4.78, 5) is 13.4. The number of fused-ring (bicyclic) bond motifs is 1. The third-order valence-corrected chi connectivity index (χ3v) is 7.09. The van der Waals surface area contributed by atoms with Crippen molar-refractivity contribution in [1.29, 1.82) is 0 Å². The van der Waals surface area contributed by atoms with Gasteiger partial charge in [-0.3, -0.25) is 4.79 Å². The van der Waals surface area contributed by atoms with Gasteiger partial charge in [-0.25, -0.2) is 0 Å². The molecule has 2 heterocycles. The SMILES string of the molecule is O=C(Nc1cn(C(CO)CO)c2cccc(Br)c12)C1(C2CCCCC2)COC1. The van der Waals surface area contributed by atoms with Crippen molar-refractivity contribution in [3.8, 4) is 0 Å². The van der Waals surface area contributed by atoms with Crippen molar-refractivity contribution in [1.82, 2.24) is 4.57 Å². The van der Waals surface area contributed by atoms with Crippen LogP contribution in [0, 0.1) is 11.3 Å². The Morgan fingerprint density at radius 1 is 1.25 bits per heavy atom. The summed E-state index contributed by atoms with van der Waals surface area (Å²) >= 11 is 3.59. The summed E-state index contributed by atoms with van der Waals surface area (Å²) in [5, 5.41) is 23.3. The number of hydrogen-bond donors (Lipinski definition) is 3. The molecule has 1 aliphatic carbocycles. The highest BCUT2D eigenvalue weighted by Crippen LogP contribution is 2.45. The van der Waals surface area contributed by atoms with Crippen molar-refractivity contribution in [3.05, 3.63) is 28.9 Å². The first-order valence-corrected chi connectivity index (χ1v) is 10.8. The molecule has 4 rings (SSSR count). The quantitative estimate of drug-likeness (QED) is 0.628. The standard InChI is InChI=1S/C21H27BrN2O4/c22-16-7-4-8-18-19(16)17(9-24(18)15(10-25)11-26)23-20(27)21(12-28-13-21)14-5-2-1-3-6-14/h4,7-9,14-15,25-26H,1-3,5-6,10-13H2,(H,23,27). The van der Waals surface area contributed by atoms with Gasteiger partial charge in [0.1, 0.15) is 0 Å². The number of aliphatic hydroxyl groups excluding tert-OH is 2. The first kappa shape index (κ1) is 19.9. The minimum Gasteiger partial charge on any atom is -0.394 e. The van der Waals surface area contributed by atoms with Crippen LogP contribution in [-0.4, -0.2) is 47.1 Å². The third-order valence-electron chi connectivity index (χ3n) is 6.43. The van der Waals surface area contributed by atoms with Crippen molar-refractivity contribution in [2.24, 2.45) is 11.3 Å². The van der Waals surface area contributed by atoms with Crippen molar-refractivity contribution in [2.45, 2.75) is 38.1 Å². The number of aromatic nitrogens is 1. The lowest BCUT2D eigenvalue weighted by Gasteiger charge is -2.47. The number of halogens is 1. The molecule has 3 N–H and O–H groups in total. The average molecular weight is 451 g/mol. The number of benzene rings is 1. The maximum absolute atomic E-state index is 13.4. The highest BCUT2D eigenvalue weighted by atomic mass is 79.9. The first-order valence-electron chi connectivity index (χ1n) is 10.0. The predicted molar refractivity (Wildman–Crippen MR) is 111 cm³/mol. The van der Waals surface area contributed by atoms with Gasteiger partial charge in [0, 0.05) is 16.1 Å². The van der Waals surface area contributed by atoms with Gasteiger partial charge in [0.15, 0.2) is 0 Å². The first-order chi connectivity index (χ1) is 13.6. The van der Waals surface area contributed by atoms with Crippen LogP contribution in [0.1, 0.15) is 38.1 Å². The van der Waals surface area contributed by atoms with Crippen LogP contribution < -0.4 is 5.32 Å². The molecule has 0 unspecified atom stereocenters. The van der Waals surface area contributed by atoms with Crippen molar-refractivity contribution in [2.75, 3.05) is 31.7 Å². The van der Waals surface area contributed by atoms with Gasteiger partial charge in [0.05, 0.1) is 49.1 Å². The van der Waals surface area contributed by atoms with Crippen LogP contribution in [0.5, 0.6) is 0 Å². The van der Waals surface area contributed by atoms with Crippen LogP contribution in [-0.2, 0) is 9.53 Å². The monoisotopic (exact) mass is 450 g/mol. The highest BCUT2D eigenvalue weighted by molar-refractivity contribution is 9.10. The molecule has 2 fully saturated rings. The Kier molecular flexibility index (Phi) is 5.78. The molecule has 2 aromatic rings. The van der Waals surface area contributed by atoms with Gasteiger partial charge in [0.2, 0.25) is 5.91 Å². The van der Waals surface area contributed by atoms with Crippen molar-refractivity contribution >= 4 is 38.4 Å². The molecular weight excluding hydrogens is 424 g/mol. The fraction of sp³-hybridized carbons (Fsp3) is 0.571. The van der Waals surface area contributed by atoms with E-state index in [0.717, 1.165) is 28.2 Å². The summed E-state index contributed by atoms with van der Waals surface area (Å²) < 4.78 is 8.20. The minimum absolute atomic E-state index is 0.0185. The van der Waals surface area contributed by atoms with Crippen molar-refractivity contribution in [3.63, 3.8) is 0 Å². The Morgan fingerprint density at radius 2 is 1.96 bits per heavy atom. The maximum Gasteiger partial charge on any atom is 0.235 e. The molecule has 1 aliphatic heterocycles. The van der Waals surface area contributed by atoms with Crippen LogP contribution in [0.2, 0.25) is 0 Å². The number of rotatable bonds is 6. The van der Waals surface area contributed by atoms with Crippen LogP contribution in [0.25, 0.3) is 10.9 Å². The second-order valence-corrected chi connectivity index (χ2v) is 8.90. The fourth-order valence-electron chi connectivity index (χ4n) is 4.67. The lowest BCUT2D eigenvalue weighted by atomic mass is 9.66. The van der Waals surface area contributed by atoms with Gasteiger partial charge in [-0.2, -0.15) is 0 Å². The number of hydrogen-bond acceptors (Lipinski definition) is 4. The Hall–Kier alpha value is -1.41. The van der Waals surface area contributed by atoms with E-state index in [0.29, 0.717) is 24.8 Å². The van der Waals surface area contributed by atoms with E-state index in [9.17, 15) is 15.0 Å². The molecule has 6 nitrogen and oxygen atoms in total. The average Bonchev–Trinajstić information content (AvgIpc) is 3.02. The number of amides is 1. The van der Waals surface area contributed by atoms with E-state index in [4.69, 9.17) is 4.74 Å². The number of carbonyl (C=O) groups excluding carboxylic acids is 1. The smallest absolute Gasteiger partial charge is 0.235 e. The number of nitrogens with one attached hydrogen (secondary N) is 1. The summed E-state index contributed by atoms with van der Waals surface area (Å²) in [5.74, 6) is 0.388. The second-order valence-electron chi connectivity index (χ2n) is 8.04. The van der Waals surface area contributed by atoms with Crippen molar-refractivity contribution < 1.29 is 19.7 Å². The van der Waals surface area contributed by atoms with E-state index in [1.165, 1.54) is 19.3 Å². The molecule has 0 spiro atoms. The van der Waals surface area contributed by atoms with Gasteiger partial charge in [0.25, 0.3) is 0 Å². The number of nitrogens with zero attached hydrogens (tertiary/aromatic N) is 1. The number of carbonyl (C=O) groups is 1. The lowest BCUT2D eigenvalue weighted by molar-refractivity contribution is -0.172. The molecule has 1 aromatic carbocycles. The Balaban J connectivity index is 1.68. The lowest BCUT2D eigenvalue weighted by Crippen LogP contribution is -2.56. The van der Waals surface area contributed by atoms with Gasteiger partial charge < -0.3 is 24.8 Å². The van der Waals surface area contributed by atoms with Gasteiger partial charge in [-0.1, -0.05) is 41.3 Å². The molecule has 1 aromatic heterocycles. The molecular formula is C21H27BrN2O4. The molecule has 0 atom stereocenters. The van der Waals surface area contributed by atoms with E-state index in [2.05, 4.69) is 21.2 Å². The Bertz CT molecular complexity index is 851. The van der Waals surface area contributed by atoms with E-state index in [1.54, 1.807) is 0 Å². The van der Waals surface area contributed by atoms with Crippen LogP contribution >= 0.6 is 15.9 Å². The van der Waals surface area contributed by atoms with Crippen LogP contribution in [0.3, 0.4) is 0 Å². The van der Waals surface area contributed by atoms with E-state index in [1.807, 2.05) is 29.0 Å². The number of ether oxygens (including phenoxy) is 1. The predicted octanol–water partition coefficient (Wildman–Crippen LogP) is 3.46. The number of anilines is 1. The van der Waals surface area contributed by atoms with E-state index in [-0.39, 0.29) is 19.1 Å². The minimum atomic E-state index is -0.457. The zero-order valence-electron chi connectivity index (χ0n) is 15.9. The Morgan fingerprint density at radius 3 is 2.57 bits per heavy atom. The van der Waals surface area contributed by atoms with Crippen LogP contribution in [0.15, 0.2) is 28.9 Å². The molecule has 2 aliphatic rings. The summed E-state index contributed by atoms with van der Waals surface area (Å²) in [6, 6.07) is 5.31. The van der Waals surface area contributed by atoms with Gasteiger partial charge in [-0.15, -0.1) is 0 Å². The molecule has 0 radical (unpaired) electrons. The molecule has 0 bridgehead atoms. The van der Waals surface area contributed by atoms with E-state index >= 15 is 0 Å². The van der Waals surface area contributed by atoms with Gasteiger partial charge in [-0.05, 0) is 30.9 Å². The van der Waals surface area contributed by atoms with Gasteiger partial charge >= 0.3 is 0 Å². The molecule has 7 heteroatoms. The second kappa shape index (κ2) is 8.14. The zero-order chi connectivity index (χ0) is 19.7. The third kappa shape index (κ3) is 3.28. The fourth-order valence-corrected chi connectivity index (χ4v) is 5.24. The summed E-state index contributed by atoms with van der Waals surface area (Å²) in [6.07, 6.45) is 7.59. The summed E-state index contributed by atoms with van der Waals surface area (Å²) in [5.41, 5.74) is 1.11. The normalized spacial score (nSPS) is 19.7. The molecule has 152 valence electrons. The maximum atomic E-state index is 13.4. The molecule has 1 amide bonds. The number of aliphatic hydroxyl groups is 2. The summed E-state index contributed by atoms with van der Waals surface area (Å²) in [7, 11) is 0. The van der Waals surface area contributed by atoms with E-state index < -0.39 is 11.5 Å². The largest absolute Gasteiger partial charge is 0.394 e. The van der Waals surface area contributed by atoms with Crippen LogP contribution in [0.4, 0.5) is 5.69 Å². The zero-order valence-corrected chi connectivity index (χ0v) is 17.5. The molecule has 1 saturated heterocycles. The highest BCUT2D eigenvalue weighted by Gasteiger charge is 2.51.